The third kappa shape index (κ3) is 3.19. The molecular weight excluding hydrogens is 244 g/mol. The molecule has 2 amide bonds. The number of carboxylic acids is 1. The van der Waals surface area contributed by atoms with Crippen LogP contribution in [-0.4, -0.2) is 52.6 Å². The van der Waals surface area contributed by atoms with Gasteiger partial charge in [-0.2, -0.15) is 0 Å². The number of urea groups is 1. The number of amides is 2. The molecule has 2 aliphatic heterocycles. The second-order valence-electron chi connectivity index (χ2n) is 5.66. The summed E-state index contributed by atoms with van der Waals surface area (Å²) < 4.78 is 0. The largest absolute Gasteiger partial charge is 0.481 e. The van der Waals surface area contributed by atoms with E-state index >= 15 is 0 Å². The van der Waals surface area contributed by atoms with E-state index < -0.39 is 5.97 Å². The molecular formula is C14H24N2O3. The van der Waals surface area contributed by atoms with Gasteiger partial charge in [-0.3, -0.25) is 4.79 Å². The topological polar surface area (TPSA) is 60.9 Å². The molecule has 0 aromatic heterocycles. The first-order valence-electron chi connectivity index (χ1n) is 7.41. The minimum absolute atomic E-state index is 0.0532. The van der Waals surface area contributed by atoms with E-state index in [1.165, 1.54) is 6.42 Å². The van der Waals surface area contributed by atoms with E-state index in [0.29, 0.717) is 25.6 Å². The normalized spacial score (nSPS) is 28.3. The SMILES string of the molecule is CCC1CCCCN1C(=O)N1CCC[C@H](C(=O)O)C1. The van der Waals surface area contributed by atoms with Gasteiger partial charge in [-0.1, -0.05) is 6.92 Å². The first-order valence-corrected chi connectivity index (χ1v) is 7.41. The number of piperidine rings is 2. The Hall–Kier alpha value is -1.26. The van der Waals surface area contributed by atoms with Crippen molar-refractivity contribution in [3.63, 3.8) is 0 Å². The number of carbonyl (C=O) groups excluding carboxylic acids is 1. The van der Waals surface area contributed by atoms with Crippen LogP contribution in [0.4, 0.5) is 4.79 Å². The molecule has 1 N–H and O–H groups in total. The van der Waals surface area contributed by atoms with Crippen molar-refractivity contribution < 1.29 is 14.7 Å². The lowest BCUT2D eigenvalue weighted by Gasteiger charge is -2.40. The van der Waals surface area contributed by atoms with Crippen LogP contribution in [0.2, 0.25) is 0 Å². The monoisotopic (exact) mass is 268 g/mol. The Kier molecular flexibility index (Phi) is 4.66. The third-order valence-corrected chi connectivity index (χ3v) is 4.39. The highest BCUT2D eigenvalue weighted by Gasteiger charge is 2.33. The predicted molar refractivity (Wildman–Crippen MR) is 72.0 cm³/mol. The van der Waals surface area contributed by atoms with Gasteiger partial charge in [-0.15, -0.1) is 0 Å². The fraction of sp³-hybridized carbons (Fsp3) is 0.857. The number of rotatable bonds is 2. The maximum Gasteiger partial charge on any atom is 0.320 e. The summed E-state index contributed by atoms with van der Waals surface area (Å²) in [5.41, 5.74) is 0. The second kappa shape index (κ2) is 6.26. The van der Waals surface area contributed by atoms with E-state index in [0.717, 1.165) is 32.2 Å². The van der Waals surface area contributed by atoms with Crippen molar-refractivity contribution in [2.24, 2.45) is 5.92 Å². The summed E-state index contributed by atoms with van der Waals surface area (Å²) in [6.45, 7) is 4.02. The van der Waals surface area contributed by atoms with Crippen LogP contribution < -0.4 is 0 Å². The van der Waals surface area contributed by atoms with Gasteiger partial charge in [0.15, 0.2) is 0 Å². The van der Waals surface area contributed by atoms with Crippen LogP contribution in [0.5, 0.6) is 0 Å². The van der Waals surface area contributed by atoms with Gasteiger partial charge < -0.3 is 14.9 Å². The van der Waals surface area contributed by atoms with Crippen LogP contribution in [0.1, 0.15) is 45.4 Å². The Morgan fingerprint density at radius 2 is 1.95 bits per heavy atom. The molecule has 2 saturated heterocycles. The molecule has 2 heterocycles. The molecule has 0 radical (unpaired) electrons. The molecule has 5 nitrogen and oxygen atoms in total. The molecule has 19 heavy (non-hydrogen) atoms. The summed E-state index contributed by atoms with van der Waals surface area (Å²) >= 11 is 0. The smallest absolute Gasteiger partial charge is 0.320 e. The van der Waals surface area contributed by atoms with E-state index in [2.05, 4.69) is 6.92 Å². The van der Waals surface area contributed by atoms with Gasteiger partial charge in [0.25, 0.3) is 0 Å². The summed E-state index contributed by atoms with van der Waals surface area (Å²) in [6, 6.07) is 0.393. The quantitative estimate of drug-likeness (QED) is 0.835. The number of aliphatic carboxylic acids is 1. The average Bonchev–Trinajstić information content (AvgIpc) is 2.46. The molecule has 5 heteroatoms. The van der Waals surface area contributed by atoms with E-state index in [-0.39, 0.29) is 11.9 Å². The Morgan fingerprint density at radius 1 is 1.16 bits per heavy atom. The van der Waals surface area contributed by atoms with Gasteiger partial charge in [0.2, 0.25) is 0 Å². The number of carbonyl (C=O) groups is 2. The molecule has 1 unspecified atom stereocenters. The van der Waals surface area contributed by atoms with Crippen molar-refractivity contribution in [1.29, 1.82) is 0 Å². The number of carboxylic acid groups (broad SMARTS) is 1. The molecule has 2 fully saturated rings. The van der Waals surface area contributed by atoms with Crippen molar-refractivity contribution in [3.05, 3.63) is 0 Å². The first kappa shape index (κ1) is 14.2. The van der Waals surface area contributed by atoms with Crippen molar-refractivity contribution in [1.82, 2.24) is 9.80 Å². The molecule has 0 saturated carbocycles. The Bertz CT molecular complexity index is 346. The number of nitrogens with zero attached hydrogens (tertiary/aromatic N) is 2. The highest BCUT2D eigenvalue weighted by atomic mass is 16.4. The Labute approximate surface area is 114 Å². The fourth-order valence-corrected chi connectivity index (χ4v) is 3.21. The van der Waals surface area contributed by atoms with Crippen molar-refractivity contribution in [3.8, 4) is 0 Å². The van der Waals surface area contributed by atoms with Crippen molar-refractivity contribution >= 4 is 12.0 Å². The maximum absolute atomic E-state index is 12.5. The molecule has 2 rings (SSSR count). The van der Waals surface area contributed by atoms with Gasteiger partial charge in [0.1, 0.15) is 0 Å². The summed E-state index contributed by atoms with van der Waals surface area (Å²) in [5, 5.41) is 9.09. The van der Waals surface area contributed by atoms with Gasteiger partial charge >= 0.3 is 12.0 Å². The number of hydrogen-bond acceptors (Lipinski definition) is 2. The van der Waals surface area contributed by atoms with Crippen LogP contribution in [0.25, 0.3) is 0 Å². The summed E-state index contributed by atoms with van der Waals surface area (Å²) in [5.74, 6) is -1.16. The molecule has 0 spiro atoms. The van der Waals surface area contributed by atoms with Gasteiger partial charge in [0, 0.05) is 25.7 Å². The molecule has 2 aliphatic rings. The number of hydrogen-bond donors (Lipinski definition) is 1. The summed E-state index contributed by atoms with van der Waals surface area (Å²) in [7, 11) is 0. The molecule has 0 aromatic rings. The molecule has 2 atom stereocenters. The Balaban J connectivity index is 1.99. The van der Waals surface area contributed by atoms with Crippen LogP contribution >= 0.6 is 0 Å². The first-order chi connectivity index (χ1) is 9.13. The number of likely N-dealkylation sites (tertiary alicyclic amines) is 2. The lowest BCUT2D eigenvalue weighted by atomic mass is 9.97. The minimum atomic E-state index is -0.775. The van der Waals surface area contributed by atoms with E-state index in [4.69, 9.17) is 5.11 Å². The van der Waals surface area contributed by atoms with Crippen molar-refractivity contribution in [2.45, 2.75) is 51.5 Å². The predicted octanol–water partition coefficient (Wildman–Crippen LogP) is 2.17. The van der Waals surface area contributed by atoms with Crippen LogP contribution in [0.3, 0.4) is 0 Å². The van der Waals surface area contributed by atoms with Gasteiger partial charge in [-0.25, -0.2) is 4.79 Å². The zero-order chi connectivity index (χ0) is 13.8. The lowest BCUT2D eigenvalue weighted by molar-refractivity contribution is -0.143. The Morgan fingerprint density at radius 3 is 2.63 bits per heavy atom. The zero-order valence-corrected chi connectivity index (χ0v) is 11.7. The van der Waals surface area contributed by atoms with E-state index in [1.807, 2.05) is 4.90 Å². The molecule has 0 aliphatic carbocycles. The lowest BCUT2D eigenvalue weighted by Crippen LogP contribution is -2.53. The third-order valence-electron chi connectivity index (χ3n) is 4.39. The molecule has 0 bridgehead atoms. The van der Waals surface area contributed by atoms with E-state index in [1.54, 1.807) is 4.90 Å². The maximum atomic E-state index is 12.5. The van der Waals surface area contributed by atoms with E-state index in [9.17, 15) is 9.59 Å². The average molecular weight is 268 g/mol. The van der Waals surface area contributed by atoms with Gasteiger partial charge in [0.05, 0.1) is 5.92 Å². The van der Waals surface area contributed by atoms with Crippen molar-refractivity contribution in [2.75, 3.05) is 19.6 Å². The van der Waals surface area contributed by atoms with Crippen LogP contribution in [-0.2, 0) is 4.79 Å². The summed E-state index contributed by atoms with van der Waals surface area (Å²) in [6.07, 6.45) is 5.82. The second-order valence-corrected chi connectivity index (χ2v) is 5.66. The van der Waals surface area contributed by atoms with Crippen LogP contribution in [0.15, 0.2) is 0 Å². The molecule has 108 valence electrons. The van der Waals surface area contributed by atoms with Gasteiger partial charge in [-0.05, 0) is 38.5 Å². The van der Waals surface area contributed by atoms with Crippen LogP contribution in [0, 0.1) is 5.92 Å². The highest BCUT2D eigenvalue weighted by Crippen LogP contribution is 2.24. The summed E-state index contributed by atoms with van der Waals surface area (Å²) in [4.78, 5) is 27.3. The zero-order valence-electron chi connectivity index (χ0n) is 11.7. The minimum Gasteiger partial charge on any atom is -0.481 e. The standard InChI is InChI=1S/C14H24N2O3/c1-2-12-7-3-4-9-16(12)14(19)15-8-5-6-11(10-15)13(17)18/h11-12H,2-10H2,1H3,(H,17,18)/t11-,12?/m0/s1. The molecule has 0 aromatic carbocycles. The fourth-order valence-electron chi connectivity index (χ4n) is 3.21. The highest BCUT2D eigenvalue weighted by molar-refractivity contribution is 5.77.